The molecular weight excluding hydrogens is 342 g/mol. The summed E-state index contributed by atoms with van der Waals surface area (Å²) < 4.78 is 5.61. The summed E-state index contributed by atoms with van der Waals surface area (Å²) in [5, 5.41) is 12.2. The highest BCUT2D eigenvalue weighted by atomic mass is 16.5. The summed E-state index contributed by atoms with van der Waals surface area (Å²) >= 11 is 0. The van der Waals surface area contributed by atoms with Gasteiger partial charge in [0.05, 0.1) is 6.42 Å². The van der Waals surface area contributed by atoms with Crippen LogP contribution in [-0.4, -0.2) is 22.6 Å². The van der Waals surface area contributed by atoms with E-state index in [1.165, 1.54) is 17.5 Å². The molecule has 0 spiro atoms. The fraction of sp³-hybridized carbons (Fsp3) is 0.364. The van der Waals surface area contributed by atoms with E-state index in [0.29, 0.717) is 12.2 Å². The number of anilines is 1. The summed E-state index contributed by atoms with van der Waals surface area (Å²) in [4.78, 5) is 23.6. The van der Waals surface area contributed by atoms with Crippen molar-refractivity contribution in [1.82, 2.24) is 0 Å². The van der Waals surface area contributed by atoms with Crippen molar-refractivity contribution >= 4 is 17.6 Å². The molecule has 0 heterocycles. The highest BCUT2D eigenvalue weighted by Gasteiger charge is 2.33. The van der Waals surface area contributed by atoms with E-state index in [1.807, 2.05) is 6.07 Å². The van der Waals surface area contributed by atoms with Gasteiger partial charge in [0.15, 0.2) is 0 Å². The largest absolute Gasteiger partial charge is 0.478 e. The molecule has 27 heavy (non-hydrogen) atoms. The first-order valence-corrected chi connectivity index (χ1v) is 9.32. The number of hydrogen-bond acceptors (Lipinski definition) is 3. The molecule has 1 unspecified atom stereocenters. The van der Waals surface area contributed by atoms with Gasteiger partial charge < -0.3 is 15.2 Å². The molecular formula is C22H25NO4. The third-order valence-electron chi connectivity index (χ3n) is 5.14. The standard InChI is InChI=1S/C22H25NO4/c1-3-22(2,21(25)26)27-19-11-7-15(8-12-19)13-20(24)23-18-10-9-16-5-4-6-17(16)14-18/h7-12,14H,3-6,13H2,1-2H3,(H,23,24)(H,25,26). The molecule has 0 radical (unpaired) electrons. The number of carboxylic acid groups (broad SMARTS) is 1. The Bertz CT molecular complexity index is 844. The van der Waals surface area contributed by atoms with Crippen molar-refractivity contribution in [3.8, 4) is 5.75 Å². The number of fused-ring (bicyclic) bond motifs is 1. The number of ether oxygens (including phenoxy) is 1. The lowest BCUT2D eigenvalue weighted by molar-refractivity contribution is -0.154. The first-order chi connectivity index (χ1) is 12.9. The van der Waals surface area contributed by atoms with Crippen molar-refractivity contribution in [2.75, 3.05) is 5.32 Å². The summed E-state index contributed by atoms with van der Waals surface area (Å²) in [6.07, 6.45) is 3.99. The number of nitrogens with one attached hydrogen (secondary N) is 1. The second-order valence-electron chi connectivity index (χ2n) is 7.20. The van der Waals surface area contributed by atoms with Gasteiger partial charge in [0.1, 0.15) is 5.75 Å². The smallest absolute Gasteiger partial charge is 0.347 e. The van der Waals surface area contributed by atoms with Crippen LogP contribution in [0.1, 0.15) is 43.4 Å². The lowest BCUT2D eigenvalue weighted by atomic mass is 10.0. The van der Waals surface area contributed by atoms with Crippen LogP contribution >= 0.6 is 0 Å². The number of benzene rings is 2. The fourth-order valence-corrected chi connectivity index (χ4v) is 3.24. The van der Waals surface area contributed by atoms with Crippen LogP contribution in [0.4, 0.5) is 5.69 Å². The fourth-order valence-electron chi connectivity index (χ4n) is 3.24. The molecule has 0 aromatic heterocycles. The number of carboxylic acids is 1. The summed E-state index contributed by atoms with van der Waals surface area (Å²) in [5.41, 5.74) is 3.12. The van der Waals surface area contributed by atoms with E-state index in [4.69, 9.17) is 4.74 Å². The van der Waals surface area contributed by atoms with Crippen molar-refractivity contribution in [2.45, 2.75) is 51.6 Å². The Morgan fingerprint density at radius 2 is 1.81 bits per heavy atom. The first-order valence-electron chi connectivity index (χ1n) is 9.32. The van der Waals surface area contributed by atoms with E-state index in [9.17, 15) is 14.7 Å². The Balaban J connectivity index is 1.59. The second-order valence-corrected chi connectivity index (χ2v) is 7.20. The zero-order chi connectivity index (χ0) is 19.4. The van der Waals surface area contributed by atoms with E-state index >= 15 is 0 Å². The van der Waals surface area contributed by atoms with Gasteiger partial charge in [0, 0.05) is 5.69 Å². The van der Waals surface area contributed by atoms with Crippen LogP contribution in [-0.2, 0) is 28.9 Å². The zero-order valence-electron chi connectivity index (χ0n) is 15.7. The summed E-state index contributed by atoms with van der Waals surface area (Å²) in [7, 11) is 0. The van der Waals surface area contributed by atoms with Crippen LogP contribution < -0.4 is 10.1 Å². The Hall–Kier alpha value is -2.82. The molecule has 5 nitrogen and oxygen atoms in total. The van der Waals surface area contributed by atoms with Crippen LogP contribution in [0.3, 0.4) is 0 Å². The predicted molar refractivity (Wildman–Crippen MR) is 104 cm³/mol. The SMILES string of the molecule is CCC(C)(Oc1ccc(CC(=O)Nc2ccc3c(c2)CCC3)cc1)C(=O)O. The highest BCUT2D eigenvalue weighted by Crippen LogP contribution is 2.25. The molecule has 0 bridgehead atoms. The normalized spacial score (nSPS) is 14.9. The topological polar surface area (TPSA) is 75.6 Å². The molecule has 0 saturated heterocycles. The first kappa shape index (κ1) is 19.0. The van der Waals surface area contributed by atoms with Crippen molar-refractivity contribution in [3.05, 3.63) is 59.2 Å². The molecule has 1 aliphatic carbocycles. The van der Waals surface area contributed by atoms with Gasteiger partial charge in [0.25, 0.3) is 0 Å². The van der Waals surface area contributed by atoms with Gasteiger partial charge in [-0.05, 0) is 73.6 Å². The van der Waals surface area contributed by atoms with Crippen molar-refractivity contribution in [2.24, 2.45) is 0 Å². The molecule has 0 saturated carbocycles. The monoisotopic (exact) mass is 367 g/mol. The summed E-state index contributed by atoms with van der Waals surface area (Å²) in [6.45, 7) is 3.32. The molecule has 2 N–H and O–H groups in total. The number of carbonyl (C=O) groups excluding carboxylic acids is 1. The molecule has 2 aromatic carbocycles. The lowest BCUT2D eigenvalue weighted by Gasteiger charge is -2.24. The maximum Gasteiger partial charge on any atom is 0.347 e. The third-order valence-corrected chi connectivity index (χ3v) is 5.14. The van der Waals surface area contributed by atoms with Crippen LogP contribution in [0.5, 0.6) is 5.75 Å². The van der Waals surface area contributed by atoms with E-state index < -0.39 is 11.6 Å². The van der Waals surface area contributed by atoms with Gasteiger partial charge in [0.2, 0.25) is 11.5 Å². The molecule has 1 aliphatic rings. The van der Waals surface area contributed by atoms with Gasteiger partial charge in [-0.3, -0.25) is 4.79 Å². The van der Waals surface area contributed by atoms with Gasteiger partial charge in [-0.25, -0.2) is 4.79 Å². The minimum Gasteiger partial charge on any atom is -0.478 e. The molecule has 0 aliphatic heterocycles. The van der Waals surface area contributed by atoms with Gasteiger partial charge in [-0.2, -0.15) is 0 Å². The number of amides is 1. The number of aryl methyl sites for hydroxylation is 2. The number of carbonyl (C=O) groups is 2. The maximum absolute atomic E-state index is 12.3. The van der Waals surface area contributed by atoms with E-state index in [-0.39, 0.29) is 12.3 Å². The predicted octanol–water partition coefficient (Wildman–Crippen LogP) is 3.99. The van der Waals surface area contributed by atoms with E-state index in [0.717, 1.165) is 24.1 Å². The molecule has 2 aromatic rings. The average Bonchev–Trinajstić information content (AvgIpc) is 3.10. The van der Waals surface area contributed by atoms with Gasteiger partial charge in [-0.1, -0.05) is 25.1 Å². The minimum atomic E-state index is -1.26. The molecule has 5 heteroatoms. The molecule has 1 atom stereocenters. The van der Waals surface area contributed by atoms with Crippen LogP contribution in [0, 0.1) is 0 Å². The van der Waals surface area contributed by atoms with Crippen molar-refractivity contribution < 1.29 is 19.4 Å². The molecule has 142 valence electrons. The zero-order valence-corrected chi connectivity index (χ0v) is 15.7. The second kappa shape index (κ2) is 7.82. The van der Waals surface area contributed by atoms with Gasteiger partial charge in [-0.15, -0.1) is 0 Å². The third kappa shape index (κ3) is 4.48. The lowest BCUT2D eigenvalue weighted by Crippen LogP contribution is -2.40. The summed E-state index contributed by atoms with van der Waals surface area (Å²) in [5.74, 6) is -0.599. The minimum absolute atomic E-state index is 0.0782. The molecule has 1 amide bonds. The Kier molecular flexibility index (Phi) is 5.49. The Morgan fingerprint density at radius 3 is 2.48 bits per heavy atom. The van der Waals surface area contributed by atoms with Crippen molar-refractivity contribution in [1.29, 1.82) is 0 Å². The Labute approximate surface area is 159 Å². The number of rotatable bonds is 7. The average molecular weight is 367 g/mol. The maximum atomic E-state index is 12.3. The van der Waals surface area contributed by atoms with Crippen LogP contribution in [0.25, 0.3) is 0 Å². The van der Waals surface area contributed by atoms with Crippen molar-refractivity contribution in [3.63, 3.8) is 0 Å². The summed E-state index contributed by atoms with van der Waals surface area (Å²) in [6, 6.07) is 13.1. The molecule has 3 rings (SSSR count). The van der Waals surface area contributed by atoms with Crippen LogP contribution in [0.2, 0.25) is 0 Å². The van der Waals surface area contributed by atoms with Crippen LogP contribution in [0.15, 0.2) is 42.5 Å². The number of hydrogen-bond donors (Lipinski definition) is 2. The number of aliphatic carboxylic acids is 1. The Morgan fingerprint density at radius 1 is 1.11 bits per heavy atom. The molecule has 0 fully saturated rings. The van der Waals surface area contributed by atoms with E-state index in [2.05, 4.69) is 17.4 Å². The quantitative estimate of drug-likeness (QED) is 0.776. The van der Waals surface area contributed by atoms with E-state index in [1.54, 1.807) is 38.1 Å². The highest BCUT2D eigenvalue weighted by molar-refractivity contribution is 5.92. The van der Waals surface area contributed by atoms with Gasteiger partial charge >= 0.3 is 5.97 Å².